The van der Waals surface area contributed by atoms with Crippen molar-refractivity contribution in [2.45, 2.75) is 10.3 Å². The van der Waals surface area contributed by atoms with Gasteiger partial charge in [-0.15, -0.1) is 23.2 Å². The summed E-state index contributed by atoms with van der Waals surface area (Å²) in [5, 5.41) is 5.69. The molecule has 0 aliphatic heterocycles. The summed E-state index contributed by atoms with van der Waals surface area (Å²) in [5.74, 6) is -4.66. The number of benzene rings is 3. The molecule has 35 heavy (non-hydrogen) atoms. The van der Waals surface area contributed by atoms with Crippen LogP contribution in [0, 0.1) is 17.6 Å². The van der Waals surface area contributed by atoms with E-state index in [-0.39, 0.29) is 22.0 Å². The number of halogens is 7. The van der Waals surface area contributed by atoms with Gasteiger partial charge in [0.2, 0.25) is 5.91 Å². The number of anilines is 3. The molecule has 0 saturated heterocycles. The second kappa shape index (κ2) is 9.64. The van der Waals surface area contributed by atoms with Gasteiger partial charge in [-0.2, -0.15) is 0 Å². The van der Waals surface area contributed by atoms with E-state index in [0.717, 1.165) is 12.1 Å². The van der Waals surface area contributed by atoms with Crippen LogP contribution in [-0.2, 0) is 4.79 Å². The summed E-state index contributed by atoms with van der Waals surface area (Å²) in [6.45, 7) is 0. The van der Waals surface area contributed by atoms with Crippen molar-refractivity contribution < 1.29 is 18.4 Å². The first kappa shape index (κ1) is 25.8. The summed E-state index contributed by atoms with van der Waals surface area (Å²) >= 11 is 30.9. The minimum atomic E-state index is -1.38. The maximum Gasteiger partial charge on any atom is 0.257 e. The number of carbonyl (C=O) groups excluding carboxylic acids is 2. The number of amides is 2. The van der Waals surface area contributed by atoms with Gasteiger partial charge in [-0.1, -0.05) is 40.9 Å². The van der Waals surface area contributed by atoms with E-state index in [4.69, 9.17) is 63.7 Å². The number of carbonyl (C=O) groups is 2. The first-order valence-electron chi connectivity index (χ1n) is 9.89. The fourth-order valence-electron chi connectivity index (χ4n) is 3.63. The maximum absolute atomic E-state index is 13.7. The van der Waals surface area contributed by atoms with Crippen LogP contribution in [0.2, 0.25) is 15.1 Å². The summed E-state index contributed by atoms with van der Waals surface area (Å²) in [6, 6.07) is 10.8. The van der Waals surface area contributed by atoms with E-state index in [1.54, 1.807) is 18.2 Å². The molecule has 12 heteroatoms. The monoisotopic (exact) mass is 577 g/mol. The Morgan fingerprint density at radius 3 is 2.09 bits per heavy atom. The van der Waals surface area contributed by atoms with Crippen LogP contribution in [0.3, 0.4) is 0 Å². The van der Waals surface area contributed by atoms with Crippen molar-refractivity contribution in [1.29, 1.82) is 0 Å². The van der Waals surface area contributed by atoms with Gasteiger partial charge >= 0.3 is 0 Å². The van der Waals surface area contributed by atoms with Gasteiger partial charge in [0.05, 0.1) is 26.5 Å². The molecule has 0 aromatic heterocycles. The van der Waals surface area contributed by atoms with E-state index in [1.165, 1.54) is 18.2 Å². The molecule has 0 heterocycles. The molecule has 182 valence electrons. The van der Waals surface area contributed by atoms with Crippen LogP contribution in [0.5, 0.6) is 0 Å². The third-order valence-electron chi connectivity index (χ3n) is 5.45. The van der Waals surface area contributed by atoms with Crippen molar-refractivity contribution in [2.75, 3.05) is 16.4 Å². The molecule has 0 radical (unpaired) electrons. The Kier molecular flexibility index (Phi) is 7.10. The van der Waals surface area contributed by atoms with Crippen LogP contribution in [-0.4, -0.2) is 16.1 Å². The molecular formula is C23H14Cl5F2N3O2. The van der Waals surface area contributed by atoms with Crippen molar-refractivity contribution in [3.05, 3.63) is 86.4 Å². The molecule has 2 atom stereocenters. The van der Waals surface area contributed by atoms with E-state index in [9.17, 15) is 18.4 Å². The number of nitrogens with two attached hydrogens (primary N) is 1. The third-order valence-corrected chi connectivity index (χ3v) is 7.46. The zero-order valence-corrected chi connectivity index (χ0v) is 21.1. The van der Waals surface area contributed by atoms with Gasteiger partial charge in [0.25, 0.3) is 5.91 Å². The summed E-state index contributed by atoms with van der Waals surface area (Å²) in [6.07, 6.45) is 0. The van der Waals surface area contributed by atoms with Gasteiger partial charge in [-0.25, -0.2) is 8.78 Å². The Morgan fingerprint density at radius 2 is 1.46 bits per heavy atom. The summed E-state index contributed by atoms with van der Waals surface area (Å²) in [7, 11) is 0. The normalized spacial score (nSPS) is 18.1. The van der Waals surface area contributed by atoms with Crippen molar-refractivity contribution in [3.63, 3.8) is 0 Å². The van der Waals surface area contributed by atoms with Gasteiger partial charge in [-0.05, 0) is 48.0 Å². The first-order valence-corrected chi connectivity index (χ1v) is 11.8. The third kappa shape index (κ3) is 5.15. The van der Waals surface area contributed by atoms with E-state index in [0.29, 0.717) is 15.6 Å². The maximum atomic E-state index is 13.7. The summed E-state index contributed by atoms with van der Waals surface area (Å²) in [5.41, 5.74) is 5.22. The highest BCUT2D eigenvalue weighted by atomic mass is 35.5. The van der Waals surface area contributed by atoms with Crippen LogP contribution < -0.4 is 16.4 Å². The molecule has 4 rings (SSSR count). The minimum absolute atomic E-state index is 0.0426. The number of nitrogens with one attached hydrogen (secondary N) is 2. The van der Waals surface area contributed by atoms with Gasteiger partial charge in [0.15, 0.2) is 11.6 Å². The fourth-order valence-corrected chi connectivity index (χ4v) is 4.96. The van der Waals surface area contributed by atoms with E-state index in [1.807, 2.05) is 0 Å². The van der Waals surface area contributed by atoms with E-state index in [2.05, 4.69) is 10.6 Å². The molecule has 2 amide bonds. The lowest BCUT2D eigenvalue weighted by atomic mass is 10.1. The van der Waals surface area contributed by atoms with Crippen LogP contribution in [0.25, 0.3) is 0 Å². The predicted octanol–water partition coefficient (Wildman–Crippen LogP) is 7.29. The Hall–Kier alpha value is -2.29. The number of hydrogen-bond acceptors (Lipinski definition) is 3. The minimum Gasteiger partial charge on any atom is -0.394 e. The molecule has 1 aliphatic rings. The molecule has 1 aliphatic carbocycles. The molecule has 2 unspecified atom stereocenters. The highest BCUT2D eigenvalue weighted by Crippen LogP contribution is 2.65. The SMILES string of the molecule is Nc1c(F)cc(NC(=O)c2cc(NC(=O)C3C(c4ccc(Cl)c(Cl)c4)C3(Cl)Cl)ccc2Cl)cc1F. The number of rotatable bonds is 5. The largest absolute Gasteiger partial charge is 0.394 e. The van der Waals surface area contributed by atoms with Gasteiger partial charge < -0.3 is 16.4 Å². The lowest BCUT2D eigenvalue weighted by Gasteiger charge is -2.11. The van der Waals surface area contributed by atoms with Crippen molar-refractivity contribution in [1.82, 2.24) is 0 Å². The van der Waals surface area contributed by atoms with Crippen molar-refractivity contribution >= 4 is 86.9 Å². The Morgan fingerprint density at radius 1 is 0.829 bits per heavy atom. The zero-order valence-electron chi connectivity index (χ0n) is 17.3. The first-order chi connectivity index (χ1) is 16.4. The highest BCUT2D eigenvalue weighted by Gasteiger charge is 2.67. The van der Waals surface area contributed by atoms with Gasteiger partial charge in [0.1, 0.15) is 10.0 Å². The number of hydrogen-bond donors (Lipinski definition) is 3. The molecule has 3 aromatic rings. The lowest BCUT2D eigenvalue weighted by molar-refractivity contribution is -0.117. The molecule has 0 spiro atoms. The average Bonchev–Trinajstić information content (AvgIpc) is 3.37. The van der Waals surface area contributed by atoms with Gasteiger partial charge in [0, 0.05) is 17.3 Å². The average molecular weight is 580 g/mol. The fraction of sp³-hybridized carbons (Fsp3) is 0.130. The van der Waals surface area contributed by atoms with Crippen molar-refractivity contribution in [2.24, 2.45) is 5.92 Å². The molecule has 4 N–H and O–H groups in total. The van der Waals surface area contributed by atoms with Crippen LogP contribution in [0.15, 0.2) is 48.5 Å². The Balaban J connectivity index is 1.51. The Labute approximate surface area is 223 Å². The predicted molar refractivity (Wildman–Crippen MR) is 136 cm³/mol. The molecule has 3 aromatic carbocycles. The molecule has 1 fully saturated rings. The summed E-state index contributed by atoms with van der Waals surface area (Å²) in [4.78, 5) is 25.6. The van der Waals surface area contributed by atoms with E-state index < -0.39 is 45.3 Å². The molecule has 0 bridgehead atoms. The van der Waals surface area contributed by atoms with E-state index >= 15 is 0 Å². The summed E-state index contributed by atoms with van der Waals surface area (Å²) < 4.78 is 26.0. The quantitative estimate of drug-likeness (QED) is 0.219. The molecular weight excluding hydrogens is 566 g/mol. The molecule has 5 nitrogen and oxygen atoms in total. The highest BCUT2D eigenvalue weighted by molar-refractivity contribution is 6.53. The number of alkyl halides is 2. The number of nitrogen functional groups attached to an aromatic ring is 1. The second-order valence-electron chi connectivity index (χ2n) is 7.79. The second-order valence-corrected chi connectivity index (χ2v) is 10.5. The van der Waals surface area contributed by atoms with Crippen LogP contribution in [0.4, 0.5) is 25.8 Å². The van der Waals surface area contributed by atoms with Gasteiger partial charge in [-0.3, -0.25) is 9.59 Å². The topological polar surface area (TPSA) is 84.2 Å². The van der Waals surface area contributed by atoms with Crippen LogP contribution in [0.1, 0.15) is 21.8 Å². The standard InChI is InChI=1S/C23H14Cl5F2N3O2/c24-13-4-2-10(6-12(13)21(34)33-11-7-16(29)20(31)17(30)8-11)32-22(35)19-18(23(19,27)28)9-1-3-14(25)15(26)5-9/h1-8,18-19H,31H2,(H,32,35)(H,33,34). The molecule has 1 saturated carbocycles. The zero-order chi connectivity index (χ0) is 25.7. The smallest absolute Gasteiger partial charge is 0.257 e. The Bertz CT molecular complexity index is 1350. The lowest BCUT2D eigenvalue weighted by Crippen LogP contribution is -2.18. The van der Waals surface area contributed by atoms with Crippen molar-refractivity contribution in [3.8, 4) is 0 Å². The van der Waals surface area contributed by atoms with Crippen LogP contribution >= 0.6 is 58.0 Å².